The summed E-state index contributed by atoms with van der Waals surface area (Å²) in [5.74, 6) is -39.6. The summed E-state index contributed by atoms with van der Waals surface area (Å²) in [5.41, 5.74) is -17.4. The maximum Gasteiger partial charge on any atom is 2.00 e. The number of hydrogen-bond acceptors (Lipinski definition) is 3. The fourth-order valence-corrected chi connectivity index (χ4v) is 9.48. The number of fused-ring (bicyclic) bond motifs is 20. The van der Waals surface area contributed by atoms with E-state index in [9.17, 15) is 0 Å². The molecule has 8 bridgehead atoms. The third-order valence-corrected chi connectivity index (χ3v) is 12.6. The molecule has 2 aliphatic rings. The first-order valence-corrected chi connectivity index (χ1v) is 21.2. The topological polar surface area (TPSA) is 66.9 Å². The molecule has 0 N–H and O–H groups in total. The summed E-state index contributed by atoms with van der Waals surface area (Å²) in [4.78, 5) is 21.0. The third kappa shape index (κ3) is 6.68. The van der Waals surface area contributed by atoms with Crippen LogP contribution in [0.15, 0.2) is 91.0 Å². The molecule has 0 saturated heterocycles. The van der Waals surface area contributed by atoms with Gasteiger partial charge < -0.3 is 15.0 Å². The smallest absolute Gasteiger partial charge is 0.656 e. The molecule has 374 valence electrons. The SMILES string of the molecule is Fc1c(F)c(F)c2c(c1F)-c1nc-2c(-c2ccccc2)c2[n-]c(c(-c3ccccc3)c3nc(c(-c4ccccc4)c4[n-]c(n1)c1c(F)c(F)c(F)c(F)c41)-c1c(F)c(F)c(F)c(F)c1-3)c1c(F)c(F)c(F)c(F)c21.[Pt+2]. The molecule has 5 nitrogen and oxygen atoms in total. The molecule has 0 unspecified atom stereocenters. The summed E-state index contributed by atoms with van der Waals surface area (Å²) in [6, 6.07) is 18.4. The summed E-state index contributed by atoms with van der Waals surface area (Å²) >= 11 is 0. The molecule has 2 aliphatic heterocycles. The minimum absolute atomic E-state index is 0. The van der Waals surface area contributed by atoms with Gasteiger partial charge in [0.05, 0.1) is 39.6 Å². The van der Waals surface area contributed by atoms with E-state index >= 15 is 70.2 Å². The van der Waals surface area contributed by atoms with Gasteiger partial charge in [-0.25, -0.2) is 75.2 Å². The first kappa shape index (κ1) is 48.9. The number of rotatable bonds is 3. The molecule has 0 fully saturated rings. The first-order valence-electron chi connectivity index (χ1n) is 21.2. The van der Waals surface area contributed by atoms with E-state index < -0.39 is 199 Å². The van der Waals surface area contributed by atoms with Crippen LogP contribution in [0.2, 0.25) is 0 Å². The first-order chi connectivity index (χ1) is 35.4. The van der Waals surface area contributed by atoms with E-state index in [1.807, 2.05) is 0 Å². The van der Waals surface area contributed by atoms with Crippen molar-refractivity contribution in [3.63, 3.8) is 0 Å². The van der Waals surface area contributed by atoms with Crippen LogP contribution in [0.1, 0.15) is 0 Å². The summed E-state index contributed by atoms with van der Waals surface area (Å²) in [5, 5.41) is -5.60. The molecule has 0 amide bonds. The van der Waals surface area contributed by atoms with Crippen molar-refractivity contribution in [2.75, 3.05) is 0 Å². The van der Waals surface area contributed by atoms with Gasteiger partial charge in [0.2, 0.25) is 0 Å². The molecule has 7 aromatic carbocycles. The van der Waals surface area contributed by atoms with Crippen LogP contribution in [0.3, 0.4) is 0 Å². The van der Waals surface area contributed by atoms with Gasteiger partial charge in [-0.05, 0) is 39.0 Å². The molecule has 12 rings (SSSR count). The van der Waals surface area contributed by atoms with Crippen molar-refractivity contribution in [1.82, 2.24) is 24.9 Å². The number of benzene rings is 7. The van der Waals surface area contributed by atoms with E-state index in [-0.39, 0.29) is 37.8 Å². The van der Waals surface area contributed by atoms with Crippen LogP contribution < -0.4 is 9.97 Å². The number of nitrogens with zero attached hydrogens (tertiary/aromatic N) is 5. The second-order valence-corrected chi connectivity index (χ2v) is 16.5. The van der Waals surface area contributed by atoms with E-state index in [2.05, 4.69) is 24.9 Å². The van der Waals surface area contributed by atoms with Crippen molar-refractivity contribution >= 4 is 43.7 Å². The Labute approximate surface area is 421 Å². The van der Waals surface area contributed by atoms with Crippen LogP contribution in [0.5, 0.6) is 0 Å². The third-order valence-electron chi connectivity index (χ3n) is 12.6. The summed E-state index contributed by atoms with van der Waals surface area (Å²) < 4.78 is 260. The average Bonchev–Trinajstić information content (AvgIpc) is 4.19. The molecule has 0 radical (unpaired) electrons. The van der Waals surface area contributed by atoms with E-state index in [0.29, 0.717) is 0 Å². The minimum Gasteiger partial charge on any atom is -0.656 e. The van der Waals surface area contributed by atoms with Crippen molar-refractivity contribution in [3.8, 4) is 78.5 Å². The van der Waals surface area contributed by atoms with Crippen molar-refractivity contribution in [2.45, 2.75) is 0 Å². The standard InChI is InChI=1S/C53H15F16N5.Pt/c54-30-22-24(32(56)40(64)38(30)62)48-20(17-12-6-2-7-13-17)50-26-28(36(60)44(68)42(66)34(26)58)52(72-50)74-53-29-27(35(59)43(67)45(69)37(29)61)51(73-53)21(18-14-8-3-9-15-18)49-25-23(31(55)39(63)41(65)33(25)57)47(71-49)19(46(22)70-48)16-10-4-1-5-11-16;/h1-15H;/q-2;+2. The largest absolute Gasteiger partial charge is 2.00 e. The Hall–Kier alpha value is -8.32. The quantitative estimate of drug-likeness (QED) is 0.100. The van der Waals surface area contributed by atoms with Crippen LogP contribution in [0.4, 0.5) is 70.2 Å². The molecule has 0 saturated carbocycles. The zero-order valence-electron chi connectivity index (χ0n) is 36.3. The van der Waals surface area contributed by atoms with Gasteiger partial charge in [0.25, 0.3) is 0 Å². The average molecular weight is 1220 g/mol. The van der Waals surface area contributed by atoms with Crippen LogP contribution in [0, 0.1) is 93.1 Å². The predicted octanol–water partition coefficient (Wildman–Crippen LogP) is 15.2. The van der Waals surface area contributed by atoms with Gasteiger partial charge >= 0.3 is 21.1 Å². The Morgan fingerprint density at radius 2 is 0.533 bits per heavy atom. The summed E-state index contributed by atoms with van der Waals surface area (Å²) in [6.07, 6.45) is 0. The number of hydrogen-bond donors (Lipinski definition) is 0. The van der Waals surface area contributed by atoms with Crippen LogP contribution in [0.25, 0.3) is 122 Å². The zero-order valence-corrected chi connectivity index (χ0v) is 38.5. The molecule has 5 heterocycles. The van der Waals surface area contributed by atoms with E-state index in [4.69, 9.17) is 0 Å². The molecule has 0 atom stereocenters. The summed E-state index contributed by atoms with van der Waals surface area (Å²) in [6.45, 7) is 0. The summed E-state index contributed by atoms with van der Waals surface area (Å²) in [7, 11) is 0. The van der Waals surface area contributed by atoms with Gasteiger partial charge in [-0.1, -0.05) is 91.0 Å². The van der Waals surface area contributed by atoms with Crippen molar-refractivity contribution < 1.29 is 91.3 Å². The minimum atomic E-state index is -2.53. The molecule has 3 aromatic heterocycles. The molecule has 10 aromatic rings. The second-order valence-electron chi connectivity index (χ2n) is 16.5. The van der Waals surface area contributed by atoms with Gasteiger partial charge in [-0.15, -0.1) is 11.0 Å². The van der Waals surface area contributed by atoms with Gasteiger partial charge in [0, 0.05) is 32.7 Å². The van der Waals surface area contributed by atoms with Crippen molar-refractivity contribution in [3.05, 3.63) is 184 Å². The Balaban J connectivity index is 0.00000602. The molecular weight excluding hydrogens is 1210 g/mol. The maximum absolute atomic E-state index is 17.0. The maximum atomic E-state index is 17.0. The second kappa shape index (κ2) is 17.4. The van der Waals surface area contributed by atoms with Crippen LogP contribution in [-0.2, 0) is 21.1 Å². The van der Waals surface area contributed by atoms with Crippen molar-refractivity contribution in [2.24, 2.45) is 0 Å². The zero-order chi connectivity index (χ0) is 52.1. The van der Waals surface area contributed by atoms with Gasteiger partial charge in [-0.3, -0.25) is 4.98 Å². The number of halogens is 16. The Morgan fingerprint density at radius 1 is 0.253 bits per heavy atom. The van der Waals surface area contributed by atoms with E-state index in [1.165, 1.54) is 54.6 Å². The molecular formula is C53H15F16N5Pt. The monoisotopic (exact) mass is 1220 g/mol. The van der Waals surface area contributed by atoms with E-state index in [1.54, 1.807) is 0 Å². The molecule has 0 aliphatic carbocycles. The Morgan fingerprint density at radius 3 is 0.907 bits per heavy atom. The fourth-order valence-electron chi connectivity index (χ4n) is 9.48. The normalized spacial score (nSPS) is 11.9. The van der Waals surface area contributed by atoms with Gasteiger partial charge in [0.1, 0.15) is 0 Å². The molecule has 75 heavy (non-hydrogen) atoms. The van der Waals surface area contributed by atoms with Gasteiger partial charge in [-0.2, -0.15) is 0 Å². The Kier molecular flexibility index (Phi) is 11.3. The van der Waals surface area contributed by atoms with Gasteiger partial charge in [0.15, 0.2) is 93.1 Å². The van der Waals surface area contributed by atoms with Crippen LogP contribution >= 0.6 is 0 Å². The predicted molar refractivity (Wildman–Crippen MR) is 236 cm³/mol. The van der Waals surface area contributed by atoms with E-state index in [0.717, 1.165) is 36.4 Å². The fraction of sp³-hybridized carbons (Fsp3) is 0. The molecule has 0 spiro atoms. The van der Waals surface area contributed by atoms with Crippen molar-refractivity contribution in [1.29, 1.82) is 0 Å². The number of aromatic nitrogens is 5. The Bertz CT molecular complexity index is 4340. The molecule has 22 heteroatoms. The van der Waals surface area contributed by atoms with Crippen LogP contribution in [-0.4, -0.2) is 15.0 Å².